The molecule has 0 unspecified atom stereocenters. The number of hydrogen-bond acceptors (Lipinski definition) is 4. The van der Waals surface area contributed by atoms with E-state index in [0.29, 0.717) is 18.7 Å². The number of anilines is 1. The molecule has 5 nitrogen and oxygen atoms in total. The highest BCUT2D eigenvalue weighted by molar-refractivity contribution is 5.79. The maximum atomic E-state index is 14.1. The molecule has 5 rings (SSSR count). The number of fused-ring (bicyclic) bond motifs is 3. The predicted molar refractivity (Wildman–Crippen MR) is 133 cm³/mol. The smallest absolute Gasteiger partial charge is 0.417 e. The minimum absolute atomic E-state index is 0.0272. The zero-order chi connectivity index (χ0) is 25.8. The molecule has 3 heterocycles. The number of rotatable bonds is 2. The number of hydrogen-bond donors (Lipinski definition) is 0. The second-order valence-electron chi connectivity index (χ2n) is 11.0. The molecule has 0 saturated carbocycles. The van der Waals surface area contributed by atoms with Crippen molar-refractivity contribution in [2.45, 2.75) is 70.2 Å². The number of aryl methyl sites for hydroxylation is 1. The molecule has 0 spiro atoms. The first-order valence-electron chi connectivity index (χ1n) is 12.6. The van der Waals surface area contributed by atoms with Crippen LogP contribution in [0.1, 0.15) is 62.6 Å². The van der Waals surface area contributed by atoms with Crippen molar-refractivity contribution in [3.05, 3.63) is 47.0 Å². The predicted octanol–water partition coefficient (Wildman–Crippen LogP) is 6.63. The second-order valence-corrected chi connectivity index (χ2v) is 11.0. The fourth-order valence-electron chi connectivity index (χ4n) is 6.03. The number of benzene rings is 2. The molecule has 2 aromatic rings. The van der Waals surface area contributed by atoms with E-state index in [9.17, 15) is 18.0 Å². The quantitative estimate of drug-likeness (QED) is 0.462. The van der Waals surface area contributed by atoms with Crippen molar-refractivity contribution in [1.82, 2.24) is 4.90 Å². The number of amides is 1. The standard InChI is InChI=1S/C28H33F3N2O3/c1-27(2,3)36-26(34)32-11-6-8-24-22(16-32)21-14-18(13-17-7-5-12-33(24)25(17)21)20-10-9-19(35-4)15-23(20)28(29,30)31/h9-10,13-15,22,24H,5-8,11-12,16H2,1-4H3/t22-,24-/m1/s1. The van der Waals surface area contributed by atoms with Gasteiger partial charge >= 0.3 is 12.3 Å². The average Bonchev–Trinajstić information content (AvgIpc) is 2.96. The van der Waals surface area contributed by atoms with Gasteiger partial charge in [-0.2, -0.15) is 13.2 Å². The first-order valence-corrected chi connectivity index (χ1v) is 12.6. The Labute approximate surface area is 210 Å². The monoisotopic (exact) mass is 502 g/mol. The Hall–Kier alpha value is -2.90. The third-order valence-electron chi connectivity index (χ3n) is 7.45. The van der Waals surface area contributed by atoms with Gasteiger partial charge in [-0.1, -0.05) is 6.07 Å². The van der Waals surface area contributed by atoms with Crippen molar-refractivity contribution in [2.75, 3.05) is 31.6 Å². The van der Waals surface area contributed by atoms with E-state index < -0.39 is 17.3 Å². The number of methoxy groups -OCH3 is 1. The lowest BCUT2D eigenvalue weighted by Gasteiger charge is -2.33. The van der Waals surface area contributed by atoms with Crippen LogP contribution in [-0.4, -0.2) is 49.4 Å². The van der Waals surface area contributed by atoms with Crippen molar-refractivity contribution in [2.24, 2.45) is 0 Å². The lowest BCUT2D eigenvalue weighted by molar-refractivity contribution is -0.137. The fraction of sp³-hybridized carbons (Fsp3) is 0.536. The molecule has 0 aromatic heterocycles. The molecule has 1 fully saturated rings. The lowest BCUT2D eigenvalue weighted by atomic mass is 9.88. The van der Waals surface area contributed by atoms with E-state index in [2.05, 4.69) is 4.90 Å². The van der Waals surface area contributed by atoms with Crippen molar-refractivity contribution in [1.29, 1.82) is 0 Å². The zero-order valence-corrected chi connectivity index (χ0v) is 21.2. The minimum Gasteiger partial charge on any atom is -0.497 e. The maximum Gasteiger partial charge on any atom is 0.417 e. The molecule has 1 amide bonds. The van der Waals surface area contributed by atoms with E-state index in [4.69, 9.17) is 9.47 Å². The molecule has 0 aliphatic carbocycles. The summed E-state index contributed by atoms with van der Waals surface area (Å²) in [6.07, 6.45) is -1.25. The van der Waals surface area contributed by atoms with Gasteiger partial charge in [-0.05, 0) is 93.0 Å². The molecular weight excluding hydrogens is 469 g/mol. The van der Waals surface area contributed by atoms with Crippen LogP contribution in [0, 0.1) is 0 Å². The second kappa shape index (κ2) is 8.89. The summed E-state index contributed by atoms with van der Waals surface area (Å²) in [5.74, 6) is 0.205. The van der Waals surface area contributed by atoms with Gasteiger partial charge in [0.05, 0.1) is 12.7 Å². The number of halogens is 3. The molecule has 194 valence electrons. The Balaban J connectivity index is 1.59. The van der Waals surface area contributed by atoms with Gasteiger partial charge in [-0.25, -0.2) is 4.79 Å². The Kier molecular flexibility index (Phi) is 6.12. The molecule has 1 saturated heterocycles. The van der Waals surface area contributed by atoms with E-state index >= 15 is 0 Å². The molecule has 0 bridgehead atoms. The maximum absolute atomic E-state index is 14.1. The Morgan fingerprint density at radius 2 is 1.83 bits per heavy atom. The topological polar surface area (TPSA) is 42.0 Å². The van der Waals surface area contributed by atoms with Gasteiger partial charge in [0.25, 0.3) is 0 Å². The molecule has 3 aliphatic rings. The third kappa shape index (κ3) is 4.50. The van der Waals surface area contributed by atoms with Crippen LogP contribution < -0.4 is 9.64 Å². The van der Waals surface area contributed by atoms with Gasteiger partial charge in [-0.15, -0.1) is 0 Å². The zero-order valence-electron chi connectivity index (χ0n) is 21.2. The number of carbonyl (C=O) groups is 1. The number of alkyl halides is 3. The van der Waals surface area contributed by atoms with Crippen LogP contribution in [0.4, 0.5) is 23.7 Å². The summed E-state index contributed by atoms with van der Waals surface area (Å²) in [5, 5.41) is 0. The summed E-state index contributed by atoms with van der Waals surface area (Å²) in [5.41, 5.74) is 2.73. The number of carbonyl (C=O) groups excluding carboxylic acids is 1. The Bertz CT molecular complexity index is 1170. The summed E-state index contributed by atoms with van der Waals surface area (Å²) < 4.78 is 52.9. The van der Waals surface area contributed by atoms with Gasteiger partial charge < -0.3 is 19.3 Å². The first kappa shape index (κ1) is 24.8. The van der Waals surface area contributed by atoms with Crippen LogP contribution in [0.25, 0.3) is 11.1 Å². The summed E-state index contributed by atoms with van der Waals surface area (Å²) in [7, 11) is 1.37. The molecular formula is C28H33F3N2O3. The van der Waals surface area contributed by atoms with Crippen LogP contribution in [-0.2, 0) is 17.3 Å². The highest BCUT2D eigenvalue weighted by Crippen LogP contribution is 2.51. The summed E-state index contributed by atoms with van der Waals surface area (Å²) in [4.78, 5) is 17.2. The molecule has 0 N–H and O–H groups in total. The summed E-state index contributed by atoms with van der Waals surface area (Å²) in [6.45, 7) is 7.61. The molecule has 3 aliphatic heterocycles. The van der Waals surface area contributed by atoms with Crippen molar-refractivity contribution in [3.8, 4) is 16.9 Å². The van der Waals surface area contributed by atoms with Crippen LogP contribution >= 0.6 is 0 Å². The number of nitrogens with zero attached hydrogens (tertiary/aromatic N) is 2. The summed E-state index contributed by atoms with van der Waals surface area (Å²) >= 11 is 0. The van der Waals surface area contributed by atoms with Crippen LogP contribution in [0.3, 0.4) is 0 Å². The minimum atomic E-state index is -4.51. The summed E-state index contributed by atoms with van der Waals surface area (Å²) in [6, 6.07) is 8.24. The van der Waals surface area contributed by atoms with Gasteiger partial charge in [0.2, 0.25) is 0 Å². The number of ether oxygens (including phenoxy) is 2. The normalized spacial score (nSPS) is 21.5. The Morgan fingerprint density at radius 3 is 2.53 bits per heavy atom. The molecule has 0 radical (unpaired) electrons. The van der Waals surface area contributed by atoms with Gasteiger partial charge in [0.15, 0.2) is 0 Å². The van der Waals surface area contributed by atoms with E-state index in [0.717, 1.165) is 55.1 Å². The van der Waals surface area contributed by atoms with Gasteiger partial charge in [0, 0.05) is 37.3 Å². The fourth-order valence-corrected chi connectivity index (χ4v) is 6.03. The molecule has 36 heavy (non-hydrogen) atoms. The van der Waals surface area contributed by atoms with Crippen LogP contribution in [0.15, 0.2) is 30.3 Å². The molecule has 2 aromatic carbocycles. The average molecular weight is 503 g/mol. The van der Waals surface area contributed by atoms with Crippen molar-refractivity contribution < 1.29 is 27.4 Å². The third-order valence-corrected chi connectivity index (χ3v) is 7.45. The number of likely N-dealkylation sites (tertiary alicyclic amines) is 1. The van der Waals surface area contributed by atoms with Gasteiger partial charge in [0.1, 0.15) is 11.4 Å². The highest BCUT2D eigenvalue weighted by atomic mass is 19.4. The van der Waals surface area contributed by atoms with Crippen molar-refractivity contribution in [3.63, 3.8) is 0 Å². The van der Waals surface area contributed by atoms with E-state index in [1.807, 2.05) is 32.9 Å². The van der Waals surface area contributed by atoms with E-state index in [1.165, 1.54) is 13.2 Å². The lowest BCUT2D eigenvalue weighted by Crippen LogP contribution is -2.41. The van der Waals surface area contributed by atoms with Gasteiger partial charge in [-0.3, -0.25) is 0 Å². The van der Waals surface area contributed by atoms with E-state index in [-0.39, 0.29) is 29.4 Å². The first-order chi connectivity index (χ1) is 17.0. The SMILES string of the molecule is COc1ccc(-c2cc3c4c(c2)[C@H]2CN(C(=O)OC(C)(C)C)CCC[C@H]2N4CCC3)c(C(F)(F)F)c1. The highest BCUT2D eigenvalue weighted by Gasteiger charge is 2.44. The van der Waals surface area contributed by atoms with Crippen molar-refractivity contribution >= 4 is 11.8 Å². The van der Waals surface area contributed by atoms with Crippen LogP contribution in [0.2, 0.25) is 0 Å². The van der Waals surface area contributed by atoms with E-state index in [1.54, 1.807) is 11.0 Å². The molecule has 8 heteroatoms. The molecule has 2 atom stereocenters. The Morgan fingerprint density at radius 1 is 1.06 bits per heavy atom. The largest absolute Gasteiger partial charge is 0.497 e. The van der Waals surface area contributed by atoms with Crippen LogP contribution in [0.5, 0.6) is 5.75 Å².